The zero-order valence-electron chi connectivity index (χ0n) is 88.6. The Bertz CT molecular complexity index is 5520. The Kier molecular flexibility index (Phi) is 46.5. The molecule has 0 aliphatic carbocycles. The molecule has 4 saturated heterocycles. The topological polar surface area (TPSA) is 307 Å². The SMILES string of the molecule is [B][C@H]1C[C@H](N)[C@@H](COC(=O)CCC(C)=O)O1.[B][C@H]1C[C@H](NC(c2ccccc2)(c2ccc(C)cc2)c2ccc(OC)cc2)[C@@H](COP(OCCC#N)N(C(C)C)C(C)C)O1.[B][C@H]1C[C@H](NC(c2ccccc2)(c2ccccc2)c2ccc(OC)cc2)[C@@H](COP(OCCC#N)N(C(C)C)C(C)C)O1.[B][C@H]1C[C@H](NC2(c3ccccc3)c3cc(C)ccc3Oc3ccc(C)cc32)[C@@H](COP(OCCC#N)N(C(C)C)C(C)C)O1. The molecule has 776 valence electrons. The lowest BCUT2D eigenvalue weighted by atomic mass is 9.73. The first kappa shape index (κ1) is 118. The number of hydrogen-bond donors (Lipinski definition) is 4. The summed E-state index contributed by atoms with van der Waals surface area (Å²) in [5.41, 5.74) is 16.8. The van der Waals surface area contributed by atoms with E-state index in [0.717, 1.165) is 84.2 Å². The Labute approximate surface area is 882 Å². The van der Waals surface area contributed by atoms with Crippen LogP contribution in [-0.4, -0.2) is 226 Å². The van der Waals surface area contributed by atoms with Crippen molar-refractivity contribution in [2.45, 2.75) is 294 Å². The van der Waals surface area contributed by atoms with E-state index in [1.54, 1.807) is 14.2 Å². The molecule has 5 N–H and O–H groups in total. The predicted molar refractivity (Wildman–Crippen MR) is 584 cm³/mol. The highest BCUT2D eigenvalue weighted by Crippen LogP contribution is 2.55. The summed E-state index contributed by atoms with van der Waals surface area (Å²) in [4.78, 5) is 21.8. The summed E-state index contributed by atoms with van der Waals surface area (Å²) < 4.78 is 91.4. The van der Waals surface area contributed by atoms with Gasteiger partial charge in [0.2, 0.25) is 0 Å². The van der Waals surface area contributed by atoms with E-state index in [-0.39, 0.29) is 116 Å². The summed E-state index contributed by atoms with van der Waals surface area (Å²) >= 11 is 0. The monoisotopic (exact) mass is 2050 g/mol. The number of carbonyl (C=O) groups excluding carboxylic acids is 2. The molecule has 5 heterocycles. The Morgan fingerprint density at radius 2 is 0.728 bits per heavy atom. The Hall–Kier alpha value is -9.14. The van der Waals surface area contributed by atoms with Gasteiger partial charge in [-0.25, -0.2) is 14.0 Å². The van der Waals surface area contributed by atoms with Crippen molar-refractivity contribution < 1.29 is 74.6 Å². The zero-order valence-corrected chi connectivity index (χ0v) is 91.3. The van der Waals surface area contributed by atoms with E-state index >= 15 is 0 Å². The molecule has 9 aromatic carbocycles. The molecule has 147 heavy (non-hydrogen) atoms. The highest BCUT2D eigenvalue weighted by Gasteiger charge is 2.51. The van der Waals surface area contributed by atoms with Crippen LogP contribution < -0.4 is 35.9 Å². The lowest BCUT2D eigenvalue weighted by molar-refractivity contribution is -0.148. The van der Waals surface area contributed by atoms with Crippen LogP contribution in [0.3, 0.4) is 0 Å². The van der Waals surface area contributed by atoms with Crippen molar-refractivity contribution in [1.82, 2.24) is 30.0 Å². The zero-order chi connectivity index (χ0) is 106. The number of carbonyl (C=O) groups is 2. The van der Waals surface area contributed by atoms with Crippen molar-refractivity contribution in [2.24, 2.45) is 5.73 Å². The number of nitrogens with zero attached hydrogens (tertiary/aromatic N) is 6. The third kappa shape index (κ3) is 31.8. The van der Waals surface area contributed by atoms with Gasteiger partial charge in [-0.3, -0.25) is 20.7 Å². The number of benzene rings is 9. The molecule has 5 aliphatic rings. The highest BCUT2D eigenvalue weighted by molar-refractivity contribution is 7.45. The van der Waals surface area contributed by atoms with E-state index in [4.69, 9.17) is 118 Å². The maximum atomic E-state index is 11.2. The number of Topliss-reactive ketones (excluding diaryl/α,β-unsaturated/α-hetero) is 1. The van der Waals surface area contributed by atoms with Gasteiger partial charge in [0, 0.05) is 102 Å². The summed E-state index contributed by atoms with van der Waals surface area (Å²) in [6.45, 7) is 35.2. The molecule has 14 rings (SSSR count). The van der Waals surface area contributed by atoms with Crippen LogP contribution in [0, 0.1) is 54.8 Å². The van der Waals surface area contributed by atoms with E-state index < -0.39 is 66.2 Å². The second-order valence-corrected chi connectivity index (χ2v) is 43.6. The molecule has 0 spiro atoms. The van der Waals surface area contributed by atoms with Gasteiger partial charge in [-0.15, -0.1) is 0 Å². The smallest absolute Gasteiger partial charge is 0.306 e. The Morgan fingerprint density at radius 1 is 0.415 bits per heavy atom. The van der Waals surface area contributed by atoms with Crippen molar-refractivity contribution in [3.05, 3.63) is 297 Å². The molecule has 0 saturated carbocycles. The van der Waals surface area contributed by atoms with Crippen LogP contribution in [0.4, 0.5) is 0 Å². The number of ketones is 1. The molecular weight excluding hydrogens is 1900 g/mol. The quantitative estimate of drug-likeness (QED) is 0.00905. The van der Waals surface area contributed by atoms with E-state index in [2.05, 4.69) is 334 Å². The second-order valence-electron chi connectivity index (χ2n) is 39.3. The van der Waals surface area contributed by atoms with Crippen LogP contribution in [0.5, 0.6) is 23.0 Å². The maximum absolute atomic E-state index is 11.2. The summed E-state index contributed by atoms with van der Waals surface area (Å²) in [5.74, 6) is 2.78. The van der Waals surface area contributed by atoms with Crippen LogP contribution in [0.15, 0.2) is 231 Å². The molecular formula is C114H147B4N10O16P3. The third-order valence-corrected chi connectivity index (χ3v) is 32.4. The molecule has 0 bridgehead atoms. The molecule has 26 nitrogen and oxygen atoms in total. The van der Waals surface area contributed by atoms with Gasteiger partial charge in [0.15, 0.2) is 0 Å². The van der Waals surface area contributed by atoms with E-state index in [1.165, 1.54) is 12.5 Å². The first-order chi connectivity index (χ1) is 70.6. The number of ether oxygens (including phenoxy) is 8. The van der Waals surface area contributed by atoms with E-state index in [9.17, 15) is 9.59 Å². The number of hydrogen-bond acceptors (Lipinski definition) is 26. The normalized spacial score (nSPS) is 21.3. The minimum atomic E-state index is -1.42. The fraction of sp³-hybridized carbons (Fsp3) is 0.482. The van der Waals surface area contributed by atoms with Gasteiger partial charge < -0.3 is 75.6 Å². The summed E-state index contributed by atoms with van der Waals surface area (Å²) in [6, 6.07) is 85.1. The number of rotatable bonds is 47. The van der Waals surface area contributed by atoms with Crippen LogP contribution in [0.1, 0.15) is 215 Å². The minimum Gasteiger partial charge on any atom is -0.497 e. The molecule has 8 radical (unpaired) electrons. The van der Waals surface area contributed by atoms with Crippen molar-refractivity contribution in [3.63, 3.8) is 0 Å². The fourth-order valence-corrected chi connectivity index (χ4v) is 24.4. The number of nitrogens with two attached hydrogens (primary N) is 1. The average molecular weight is 2050 g/mol. The lowest BCUT2D eigenvalue weighted by Crippen LogP contribution is -2.54. The average Bonchev–Trinajstić information content (AvgIpc) is 1.60. The molecule has 16 atom stereocenters. The molecule has 33 heteroatoms. The fourth-order valence-electron chi connectivity index (χ4n) is 19.5. The number of fused-ring (bicyclic) bond motifs is 2. The number of nitriles is 3. The van der Waals surface area contributed by atoms with Crippen molar-refractivity contribution in [3.8, 4) is 41.2 Å². The molecule has 9 aromatic rings. The number of aryl methyl sites for hydroxylation is 3. The number of nitrogens with one attached hydrogen (secondary N) is 3. The second kappa shape index (κ2) is 57.9. The molecule has 0 amide bonds. The molecule has 4 unspecified atom stereocenters. The highest BCUT2D eigenvalue weighted by atomic mass is 31.2. The van der Waals surface area contributed by atoms with Crippen molar-refractivity contribution in [2.75, 3.05) is 60.5 Å². The number of esters is 1. The van der Waals surface area contributed by atoms with E-state index in [0.29, 0.717) is 84.6 Å². The van der Waals surface area contributed by atoms with Gasteiger partial charge in [-0.05, 0) is 224 Å². The largest absolute Gasteiger partial charge is 0.497 e. The standard InChI is InChI=1S/C35H43BN3O4P.C35H45BN3O4P.C34H43BN3O4P.C10H16BNO4/c1-23(2)39(24(3)4)44(40-18-10-17-37)41-22-33-30(21-34(36)43-33)38-35(27-11-8-7-9-12-27)28-19-25(5)13-15-31(28)42-32-16-14-26(6)20-29(32)35;1-25(2)39(26(3)4)44(41-22-10-21-37)42-24-33-32(23-34(36)43-33)38-35(28-11-8-7-9-12-28,29-15-13-27(5)14-16-29)30-17-19-31(40-6)20-18-30;1-25(2)38(26(3)4)43(40-22-12-21-36)41-24-32-31(23-33(35)42-32)37-34(27-13-8-6-9-14-27,28-15-10-7-11-16-28)29-17-19-30(39-5)20-18-29;1-6(13)2-3-10(14)15-5-8-7(12)4-9(11)16-8/h7-9,11-16,19-20,23-24,30,33-34,38H,10,18,21-22H2,1-6H3;7-9,11-20,25-26,32-34,38H,10,22-24H2,1-6H3;6-11,13-20,25-26,31-33,37H,12,22-24H2,1-5H3;7-9H,2-5,12H2,1H3/t30-,33+,34+,44?;32-,33+,34+,35?,44?;31-,32+,33+,43?;7-,8+,9+/m0000/s1. The van der Waals surface area contributed by atoms with Gasteiger partial charge in [-0.2, -0.15) is 15.8 Å². The van der Waals surface area contributed by atoms with Gasteiger partial charge in [0.1, 0.15) is 78.4 Å². The molecule has 0 aromatic heterocycles. The van der Waals surface area contributed by atoms with Crippen molar-refractivity contribution in [1.29, 1.82) is 15.8 Å². The lowest BCUT2D eigenvalue weighted by Gasteiger charge is -2.44. The van der Waals surface area contributed by atoms with Crippen LogP contribution in [0.2, 0.25) is 0 Å². The van der Waals surface area contributed by atoms with Crippen LogP contribution in [0.25, 0.3) is 0 Å². The third-order valence-electron chi connectivity index (χ3n) is 26.2. The van der Waals surface area contributed by atoms with Gasteiger partial charge in [0.05, 0.1) is 127 Å². The van der Waals surface area contributed by atoms with Gasteiger partial charge in [-0.1, -0.05) is 199 Å². The summed E-state index contributed by atoms with van der Waals surface area (Å²) in [6.07, 6.45) is 2.28. The van der Waals surface area contributed by atoms with E-state index in [1.807, 2.05) is 48.5 Å². The summed E-state index contributed by atoms with van der Waals surface area (Å²) in [7, 11) is 24.0. The van der Waals surface area contributed by atoms with Gasteiger partial charge in [0.25, 0.3) is 25.6 Å². The van der Waals surface area contributed by atoms with Crippen LogP contribution >= 0.6 is 25.6 Å². The minimum absolute atomic E-state index is 0.0345. The van der Waals surface area contributed by atoms with Crippen LogP contribution in [-0.2, 0) is 77.0 Å². The first-order valence-electron chi connectivity index (χ1n) is 51.1. The van der Waals surface area contributed by atoms with Crippen molar-refractivity contribution >= 4 is 68.7 Å². The molecule has 4 fully saturated rings. The first-order valence-corrected chi connectivity index (χ1v) is 54.5. The predicted octanol–water partition coefficient (Wildman–Crippen LogP) is 20.1. The van der Waals surface area contributed by atoms with Gasteiger partial charge >= 0.3 is 5.97 Å². The summed E-state index contributed by atoms with van der Waals surface area (Å²) in [5, 5.41) is 39.5. The number of methoxy groups -OCH3 is 2. The Balaban J connectivity index is 0.000000195. The molecule has 5 aliphatic heterocycles. The Morgan fingerprint density at radius 3 is 1.05 bits per heavy atom. The maximum Gasteiger partial charge on any atom is 0.306 e.